The van der Waals surface area contributed by atoms with Gasteiger partial charge in [-0.15, -0.1) is 0 Å². The van der Waals surface area contributed by atoms with Crippen molar-refractivity contribution in [2.45, 2.75) is 38.4 Å². The first kappa shape index (κ1) is 16.3. The molecule has 0 fully saturated rings. The van der Waals surface area contributed by atoms with Gasteiger partial charge in [0.05, 0.1) is 10.6 Å². The van der Waals surface area contributed by atoms with E-state index in [2.05, 4.69) is 4.98 Å². The first-order valence-electron chi connectivity index (χ1n) is 8.23. The first-order valence-corrected chi connectivity index (χ1v) is 8.61. The average Bonchev–Trinajstić information content (AvgIpc) is 2.93. The molecule has 0 spiro atoms. The lowest BCUT2D eigenvalue weighted by atomic mass is 9.87. The Kier molecular flexibility index (Phi) is 3.68. The van der Waals surface area contributed by atoms with E-state index >= 15 is 0 Å². The summed E-state index contributed by atoms with van der Waals surface area (Å²) in [6.45, 7) is 2.52. The Morgan fingerprint density at radius 3 is 2.96 bits per heavy atom. The first-order chi connectivity index (χ1) is 11.9. The molecule has 2 aromatic heterocycles. The molecule has 1 aliphatic heterocycles. The maximum atomic E-state index is 14.4. The third-order valence-electron chi connectivity index (χ3n) is 5.05. The topological polar surface area (TPSA) is 55.2 Å². The third kappa shape index (κ3) is 2.56. The van der Waals surface area contributed by atoms with Gasteiger partial charge in [0.2, 0.25) is 0 Å². The van der Waals surface area contributed by atoms with Crippen LogP contribution in [0.4, 0.5) is 10.2 Å². The Bertz CT molecular complexity index is 891. The van der Waals surface area contributed by atoms with Crippen molar-refractivity contribution in [1.82, 2.24) is 9.55 Å². The second-order valence-corrected chi connectivity index (χ2v) is 7.26. The molecule has 0 saturated carbocycles. The quantitative estimate of drug-likeness (QED) is 0.772. The zero-order chi connectivity index (χ0) is 17.8. The second kappa shape index (κ2) is 5.66. The number of aldehydes is 1. The Hall–Kier alpha value is -2.21. The van der Waals surface area contributed by atoms with Crippen LogP contribution in [0.25, 0.3) is 0 Å². The minimum atomic E-state index is -1.23. The average molecular weight is 362 g/mol. The maximum absolute atomic E-state index is 14.4. The molecule has 4 rings (SSSR count). The van der Waals surface area contributed by atoms with E-state index < -0.39 is 5.67 Å². The number of carbonyl (C=O) groups excluding carboxylic acids is 2. The number of carbonyl (C=O) groups is 2. The largest absolute Gasteiger partial charge is 0.338 e. The highest BCUT2D eigenvalue weighted by Crippen LogP contribution is 2.35. The van der Waals surface area contributed by atoms with Crippen LogP contribution < -0.4 is 4.90 Å². The van der Waals surface area contributed by atoms with Crippen molar-refractivity contribution in [3.63, 3.8) is 0 Å². The zero-order valence-corrected chi connectivity index (χ0v) is 14.5. The summed E-state index contributed by atoms with van der Waals surface area (Å²) in [6.07, 6.45) is 3.51. The number of pyridine rings is 1. The molecule has 130 valence electrons. The summed E-state index contributed by atoms with van der Waals surface area (Å²) in [5.41, 5.74) is 1.44. The highest BCUT2D eigenvalue weighted by Gasteiger charge is 2.37. The van der Waals surface area contributed by atoms with Gasteiger partial charge in [-0.2, -0.15) is 0 Å². The SMILES string of the molecule is CC1(F)CCc2cc3n(c2C1)CCN(c1nccc(Cl)c1C=O)C3=O. The Morgan fingerprint density at radius 1 is 1.40 bits per heavy atom. The molecule has 3 heterocycles. The molecule has 0 radical (unpaired) electrons. The Balaban J connectivity index is 1.75. The van der Waals surface area contributed by atoms with E-state index in [4.69, 9.17) is 11.6 Å². The molecule has 25 heavy (non-hydrogen) atoms. The van der Waals surface area contributed by atoms with Crippen molar-refractivity contribution < 1.29 is 14.0 Å². The van der Waals surface area contributed by atoms with Crippen LogP contribution in [0.3, 0.4) is 0 Å². The minimum absolute atomic E-state index is 0.207. The van der Waals surface area contributed by atoms with Crippen LogP contribution >= 0.6 is 11.6 Å². The fourth-order valence-electron chi connectivity index (χ4n) is 3.74. The van der Waals surface area contributed by atoms with Crippen molar-refractivity contribution >= 4 is 29.6 Å². The molecule has 0 saturated heterocycles. The van der Waals surface area contributed by atoms with Crippen LogP contribution in [-0.2, 0) is 19.4 Å². The van der Waals surface area contributed by atoms with Crippen LogP contribution in [0.15, 0.2) is 18.3 Å². The van der Waals surface area contributed by atoms with Gasteiger partial charge in [0.1, 0.15) is 17.2 Å². The molecule has 1 amide bonds. The zero-order valence-electron chi connectivity index (χ0n) is 13.8. The highest BCUT2D eigenvalue weighted by molar-refractivity contribution is 6.33. The summed E-state index contributed by atoms with van der Waals surface area (Å²) >= 11 is 6.05. The molecule has 1 aliphatic carbocycles. The van der Waals surface area contributed by atoms with E-state index in [0.717, 1.165) is 11.3 Å². The molecule has 5 nitrogen and oxygen atoms in total. The fourth-order valence-corrected chi connectivity index (χ4v) is 3.93. The molecule has 2 aliphatic rings. The number of alkyl halides is 1. The van der Waals surface area contributed by atoms with Gasteiger partial charge in [-0.25, -0.2) is 9.37 Å². The number of anilines is 1. The van der Waals surface area contributed by atoms with E-state index in [-0.39, 0.29) is 22.3 Å². The van der Waals surface area contributed by atoms with E-state index in [9.17, 15) is 14.0 Å². The van der Waals surface area contributed by atoms with Gasteiger partial charge >= 0.3 is 0 Å². The van der Waals surface area contributed by atoms with Crippen molar-refractivity contribution in [1.29, 1.82) is 0 Å². The van der Waals surface area contributed by atoms with Crippen molar-refractivity contribution in [3.8, 4) is 0 Å². The number of aryl methyl sites for hydroxylation is 1. The summed E-state index contributed by atoms with van der Waals surface area (Å²) in [5, 5.41) is 0.265. The number of hydrogen-bond donors (Lipinski definition) is 0. The number of fused-ring (bicyclic) bond motifs is 3. The van der Waals surface area contributed by atoms with Crippen LogP contribution in [0.2, 0.25) is 5.02 Å². The summed E-state index contributed by atoms with van der Waals surface area (Å²) < 4.78 is 16.3. The van der Waals surface area contributed by atoms with E-state index in [1.165, 1.54) is 17.2 Å². The summed E-state index contributed by atoms with van der Waals surface area (Å²) in [6, 6.07) is 3.37. The smallest absolute Gasteiger partial charge is 0.276 e. The summed E-state index contributed by atoms with van der Waals surface area (Å²) in [7, 11) is 0. The van der Waals surface area contributed by atoms with Gasteiger partial charge in [-0.05, 0) is 37.5 Å². The molecular formula is C18H17ClFN3O2. The molecular weight excluding hydrogens is 345 g/mol. The monoisotopic (exact) mass is 361 g/mol. The summed E-state index contributed by atoms with van der Waals surface area (Å²) in [5.74, 6) is 0.0346. The molecule has 0 aromatic carbocycles. The highest BCUT2D eigenvalue weighted by atomic mass is 35.5. The van der Waals surface area contributed by atoms with Gasteiger partial charge in [0.25, 0.3) is 5.91 Å². The van der Waals surface area contributed by atoms with Gasteiger partial charge in [-0.3, -0.25) is 14.5 Å². The lowest BCUT2D eigenvalue weighted by Crippen LogP contribution is -2.42. The number of halogens is 2. The van der Waals surface area contributed by atoms with Gasteiger partial charge < -0.3 is 4.57 Å². The van der Waals surface area contributed by atoms with Gasteiger partial charge in [0, 0.05) is 31.4 Å². The molecule has 0 N–H and O–H groups in total. The number of nitrogens with zero attached hydrogens (tertiary/aromatic N) is 3. The predicted molar refractivity (Wildman–Crippen MR) is 92.3 cm³/mol. The standard InChI is InChI=1S/C18H17ClFN3O2/c1-18(20)4-2-11-8-14-17(25)23(7-6-22(14)15(11)9-18)16-12(10-24)13(19)3-5-21-16/h3,5,8,10H,2,4,6-7,9H2,1H3. The second-order valence-electron chi connectivity index (χ2n) is 6.85. The Morgan fingerprint density at radius 2 is 2.20 bits per heavy atom. The van der Waals surface area contributed by atoms with E-state index in [0.29, 0.717) is 44.3 Å². The van der Waals surface area contributed by atoms with E-state index in [1.54, 1.807) is 6.92 Å². The predicted octanol–water partition coefficient (Wildman–Crippen LogP) is 3.23. The Labute approximate surface area is 149 Å². The summed E-state index contributed by atoms with van der Waals surface area (Å²) in [4.78, 5) is 30.0. The van der Waals surface area contributed by atoms with Crippen LogP contribution in [0.1, 0.15) is 45.4 Å². The number of hydrogen-bond acceptors (Lipinski definition) is 3. The third-order valence-corrected chi connectivity index (χ3v) is 5.38. The van der Waals surface area contributed by atoms with E-state index in [1.807, 2.05) is 10.6 Å². The lowest BCUT2D eigenvalue weighted by Gasteiger charge is -2.31. The fraction of sp³-hybridized carbons (Fsp3) is 0.389. The normalized spacial score (nSPS) is 22.5. The number of rotatable bonds is 2. The lowest BCUT2D eigenvalue weighted by molar-refractivity contribution is 0.0961. The number of amides is 1. The van der Waals surface area contributed by atoms with Gasteiger partial charge in [0.15, 0.2) is 6.29 Å². The van der Waals surface area contributed by atoms with Crippen molar-refractivity contribution in [3.05, 3.63) is 45.9 Å². The molecule has 7 heteroatoms. The number of aromatic nitrogens is 2. The molecule has 1 unspecified atom stereocenters. The van der Waals surface area contributed by atoms with Gasteiger partial charge in [-0.1, -0.05) is 11.6 Å². The van der Waals surface area contributed by atoms with Crippen LogP contribution in [-0.4, -0.2) is 34.0 Å². The minimum Gasteiger partial charge on any atom is -0.338 e. The van der Waals surface area contributed by atoms with Crippen molar-refractivity contribution in [2.24, 2.45) is 0 Å². The molecule has 1 atom stereocenters. The van der Waals surface area contributed by atoms with Crippen LogP contribution in [0.5, 0.6) is 0 Å². The van der Waals surface area contributed by atoms with Crippen molar-refractivity contribution in [2.75, 3.05) is 11.4 Å². The van der Waals surface area contributed by atoms with Crippen LogP contribution in [0, 0.1) is 0 Å². The molecule has 2 aromatic rings. The maximum Gasteiger partial charge on any atom is 0.276 e. The molecule has 0 bridgehead atoms.